The van der Waals surface area contributed by atoms with Crippen LogP contribution in [0.25, 0.3) is 16.7 Å². The topological polar surface area (TPSA) is 147 Å². The van der Waals surface area contributed by atoms with E-state index in [2.05, 4.69) is 25.3 Å². The number of aliphatic imine (C=N–C) groups is 1. The number of allylic oxidation sites excluding steroid dienone is 1. The highest BCUT2D eigenvalue weighted by Gasteiger charge is 2.35. The molecule has 0 bridgehead atoms. The van der Waals surface area contributed by atoms with Gasteiger partial charge in [-0.2, -0.15) is 13.2 Å². The number of anilines is 2. The highest BCUT2D eigenvalue weighted by atomic mass is 19.4. The smallest absolute Gasteiger partial charge is 0.378 e. The average molecular weight is 537 g/mol. The van der Waals surface area contributed by atoms with Gasteiger partial charge in [-0.15, -0.1) is 0 Å². The Bertz CT molecular complexity index is 1290. The molecule has 0 saturated carbocycles. The van der Waals surface area contributed by atoms with E-state index in [-0.39, 0.29) is 49.1 Å². The lowest BCUT2D eigenvalue weighted by atomic mass is 10.2. The van der Waals surface area contributed by atoms with E-state index in [0.717, 1.165) is 4.57 Å². The molecule has 204 valence electrons. The maximum absolute atomic E-state index is 13.8. The van der Waals surface area contributed by atoms with Gasteiger partial charge in [-0.25, -0.2) is 15.0 Å². The van der Waals surface area contributed by atoms with Gasteiger partial charge in [-0.1, -0.05) is 0 Å². The maximum Gasteiger partial charge on any atom is 0.406 e. The van der Waals surface area contributed by atoms with Crippen molar-refractivity contribution >= 4 is 46.4 Å². The van der Waals surface area contributed by atoms with Crippen LogP contribution < -0.4 is 20.9 Å². The standard InChI is InChI=1S/C22H27F3N10O3/c1-13(36)19(37)33-2-4-34(5-3-33)21-29-15-17(32-6-8-38-9-7-32)30-16(14-10-27-20(26)28-11-14)31-18(15)35(21)12-22(23,24)25/h10-11,20,27H,2-9,12,26H2,1H3. The second-order valence-electron chi connectivity index (χ2n) is 9.08. The predicted molar refractivity (Wildman–Crippen MR) is 131 cm³/mol. The summed E-state index contributed by atoms with van der Waals surface area (Å²) in [6.07, 6.45) is -2.16. The fourth-order valence-corrected chi connectivity index (χ4v) is 4.54. The Hall–Kier alpha value is -3.79. The molecule has 1 atom stereocenters. The molecule has 0 aliphatic carbocycles. The quantitative estimate of drug-likeness (QED) is 0.489. The van der Waals surface area contributed by atoms with E-state index in [1.165, 1.54) is 18.0 Å². The van der Waals surface area contributed by atoms with Gasteiger partial charge in [0.15, 0.2) is 29.1 Å². The summed E-state index contributed by atoms with van der Waals surface area (Å²) in [5, 5.41) is 2.85. The van der Waals surface area contributed by atoms with E-state index in [1.54, 1.807) is 11.1 Å². The fourth-order valence-electron chi connectivity index (χ4n) is 4.54. The highest BCUT2D eigenvalue weighted by molar-refractivity contribution is 6.35. The molecule has 38 heavy (non-hydrogen) atoms. The lowest BCUT2D eigenvalue weighted by molar-refractivity contribution is -0.143. The zero-order chi connectivity index (χ0) is 27.0. The third-order valence-electron chi connectivity index (χ3n) is 6.40. The lowest BCUT2D eigenvalue weighted by Gasteiger charge is -2.35. The second-order valence-corrected chi connectivity index (χ2v) is 9.08. The van der Waals surface area contributed by atoms with Gasteiger partial charge in [0.05, 0.1) is 18.8 Å². The Morgan fingerprint density at radius 1 is 1.08 bits per heavy atom. The number of hydrogen-bond acceptors (Lipinski definition) is 11. The molecule has 0 radical (unpaired) electrons. The maximum atomic E-state index is 13.8. The van der Waals surface area contributed by atoms with Crippen LogP contribution in [0.15, 0.2) is 11.2 Å². The van der Waals surface area contributed by atoms with Crippen molar-refractivity contribution in [2.24, 2.45) is 10.7 Å². The first-order chi connectivity index (χ1) is 18.1. The van der Waals surface area contributed by atoms with Gasteiger partial charge in [-0.05, 0) is 0 Å². The molecule has 1 unspecified atom stereocenters. The summed E-state index contributed by atoms with van der Waals surface area (Å²) in [4.78, 5) is 46.4. The van der Waals surface area contributed by atoms with Crippen LogP contribution in [-0.2, 0) is 20.9 Å². The number of nitrogens with one attached hydrogen (secondary N) is 1. The van der Waals surface area contributed by atoms with E-state index < -0.39 is 30.7 Å². The minimum atomic E-state index is -4.56. The lowest BCUT2D eigenvalue weighted by Crippen LogP contribution is -2.51. The second kappa shape index (κ2) is 10.2. The van der Waals surface area contributed by atoms with Crippen LogP contribution in [0.1, 0.15) is 12.7 Å². The molecule has 13 nitrogen and oxygen atoms in total. The number of imidazole rings is 1. The van der Waals surface area contributed by atoms with Crippen molar-refractivity contribution in [3.05, 3.63) is 12.0 Å². The van der Waals surface area contributed by atoms with Crippen LogP contribution in [0.3, 0.4) is 0 Å². The summed E-state index contributed by atoms with van der Waals surface area (Å²) in [7, 11) is 0. The summed E-state index contributed by atoms with van der Waals surface area (Å²) in [6, 6.07) is 0. The summed E-state index contributed by atoms with van der Waals surface area (Å²) in [5.41, 5.74) is 6.45. The molecular weight excluding hydrogens is 509 g/mol. The number of Topliss-reactive ketones (excluding diaryl/α,β-unsaturated/α-hetero) is 1. The molecule has 1 amide bonds. The molecule has 2 fully saturated rings. The minimum absolute atomic E-state index is 0.0234. The number of nitrogens with zero attached hydrogens (tertiary/aromatic N) is 8. The zero-order valence-electron chi connectivity index (χ0n) is 20.6. The predicted octanol–water partition coefficient (Wildman–Crippen LogP) is -0.280. The summed E-state index contributed by atoms with van der Waals surface area (Å²) < 4.78 is 47.9. The summed E-state index contributed by atoms with van der Waals surface area (Å²) in [6.45, 7) is 2.46. The number of nitrogens with two attached hydrogens (primary N) is 1. The van der Waals surface area contributed by atoms with E-state index in [9.17, 15) is 22.8 Å². The fraction of sp³-hybridized carbons (Fsp3) is 0.545. The first-order valence-corrected chi connectivity index (χ1v) is 12.1. The van der Waals surface area contributed by atoms with Crippen molar-refractivity contribution < 1.29 is 27.5 Å². The number of morpholine rings is 1. The number of rotatable bonds is 5. The molecule has 0 aromatic carbocycles. The normalized spacial score (nSPS) is 20.5. The molecule has 5 heterocycles. The molecule has 0 spiro atoms. The minimum Gasteiger partial charge on any atom is -0.378 e. The van der Waals surface area contributed by atoms with Crippen molar-refractivity contribution in [3.63, 3.8) is 0 Å². The number of carbonyl (C=O) groups is 2. The van der Waals surface area contributed by atoms with E-state index in [0.29, 0.717) is 37.7 Å². The van der Waals surface area contributed by atoms with Gasteiger partial charge in [-0.3, -0.25) is 24.9 Å². The number of carbonyl (C=O) groups excluding carboxylic acids is 2. The number of halogens is 3. The van der Waals surface area contributed by atoms with Crippen molar-refractivity contribution in [1.29, 1.82) is 0 Å². The summed E-state index contributed by atoms with van der Waals surface area (Å²) in [5.74, 6) is -0.565. The number of alkyl halides is 3. The van der Waals surface area contributed by atoms with Crippen molar-refractivity contribution in [3.8, 4) is 0 Å². The van der Waals surface area contributed by atoms with Crippen LogP contribution in [0, 0.1) is 0 Å². The number of hydrogen-bond donors (Lipinski definition) is 2. The first kappa shape index (κ1) is 25.8. The largest absolute Gasteiger partial charge is 0.406 e. The van der Waals surface area contributed by atoms with E-state index >= 15 is 0 Å². The molecular formula is C22H27F3N10O3. The highest BCUT2D eigenvalue weighted by Crippen LogP contribution is 2.33. The Morgan fingerprint density at radius 2 is 1.79 bits per heavy atom. The van der Waals surface area contributed by atoms with Crippen LogP contribution in [0.5, 0.6) is 0 Å². The number of aromatic nitrogens is 4. The number of fused-ring (bicyclic) bond motifs is 1. The van der Waals surface area contributed by atoms with Gasteiger partial charge in [0.1, 0.15) is 6.54 Å². The molecule has 2 saturated heterocycles. The van der Waals surface area contributed by atoms with Crippen LogP contribution in [0.2, 0.25) is 0 Å². The van der Waals surface area contributed by atoms with Gasteiger partial charge in [0.25, 0.3) is 5.91 Å². The summed E-state index contributed by atoms with van der Waals surface area (Å²) >= 11 is 0. The zero-order valence-corrected chi connectivity index (χ0v) is 20.6. The van der Waals surface area contributed by atoms with Gasteiger partial charge >= 0.3 is 6.18 Å². The Morgan fingerprint density at radius 3 is 2.39 bits per heavy atom. The molecule has 5 rings (SSSR count). The first-order valence-electron chi connectivity index (χ1n) is 12.1. The van der Waals surface area contributed by atoms with Crippen LogP contribution in [0.4, 0.5) is 24.9 Å². The monoisotopic (exact) mass is 536 g/mol. The Balaban J connectivity index is 1.61. The Labute approximate surface area is 215 Å². The molecule has 3 N–H and O–H groups in total. The van der Waals surface area contributed by atoms with Crippen LogP contribution in [-0.4, -0.2) is 107 Å². The van der Waals surface area contributed by atoms with Crippen molar-refractivity contribution in [1.82, 2.24) is 29.7 Å². The molecule has 2 aromatic heterocycles. The molecule has 3 aliphatic heterocycles. The number of piperazine rings is 1. The van der Waals surface area contributed by atoms with E-state index in [4.69, 9.17) is 10.5 Å². The van der Waals surface area contributed by atoms with Gasteiger partial charge < -0.3 is 24.8 Å². The van der Waals surface area contributed by atoms with Crippen molar-refractivity contribution in [2.75, 3.05) is 62.3 Å². The molecule has 3 aliphatic rings. The number of ketones is 1. The van der Waals surface area contributed by atoms with Crippen molar-refractivity contribution in [2.45, 2.75) is 25.9 Å². The number of ether oxygens (including phenoxy) is 1. The SMILES string of the molecule is CC(=O)C(=O)N1CCN(c2nc3c(N4CCOCC4)nc(C4=CNC(N)N=C4)nc3n2CC(F)(F)F)CC1. The third-order valence-corrected chi connectivity index (χ3v) is 6.40. The Kier molecular flexibility index (Phi) is 6.92. The van der Waals surface area contributed by atoms with E-state index in [1.807, 2.05) is 4.90 Å². The number of amides is 1. The van der Waals surface area contributed by atoms with Gasteiger partial charge in [0.2, 0.25) is 11.7 Å². The van der Waals surface area contributed by atoms with Crippen LogP contribution >= 0.6 is 0 Å². The third kappa shape index (κ3) is 5.26. The molecule has 2 aromatic rings. The average Bonchev–Trinajstić information content (AvgIpc) is 3.25. The molecule has 16 heteroatoms. The van der Waals surface area contributed by atoms with Gasteiger partial charge in [0, 0.05) is 58.6 Å².